The van der Waals surface area contributed by atoms with E-state index < -0.39 is 0 Å². The second kappa shape index (κ2) is 5.00. The SMILES string of the molecule is c1cc2ncnc(SC3CCCCC3)c2cn1. The van der Waals surface area contributed by atoms with Crippen LogP contribution in [0.25, 0.3) is 10.9 Å². The largest absolute Gasteiger partial charge is 0.264 e. The molecule has 1 fully saturated rings. The highest BCUT2D eigenvalue weighted by Gasteiger charge is 2.16. The number of hydrogen-bond acceptors (Lipinski definition) is 4. The van der Waals surface area contributed by atoms with Crippen molar-refractivity contribution < 1.29 is 0 Å². The fourth-order valence-corrected chi connectivity index (χ4v) is 3.59. The molecule has 0 bridgehead atoms. The van der Waals surface area contributed by atoms with Crippen molar-refractivity contribution in [2.45, 2.75) is 42.4 Å². The lowest BCUT2D eigenvalue weighted by molar-refractivity contribution is 0.516. The van der Waals surface area contributed by atoms with E-state index in [-0.39, 0.29) is 0 Å². The Morgan fingerprint density at radius 1 is 1.12 bits per heavy atom. The standard InChI is InChI=1S/C13H15N3S/c1-2-4-10(5-3-1)17-13-11-8-14-7-6-12(11)15-9-16-13/h6-10H,1-5H2. The van der Waals surface area contributed by atoms with E-state index >= 15 is 0 Å². The van der Waals surface area contributed by atoms with Crippen LogP contribution in [0.2, 0.25) is 0 Å². The van der Waals surface area contributed by atoms with E-state index in [1.807, 2.05) is 24.0 Å². The van der Waals surface area contributed by atoms with Crippen molar-refractivity contribution in [1.82, 2.24) is 15.0 Å². The summed E-state index contributed by atoms with van der Waals surface area (Å²) in [4.78, 5) is 12.9. The van der Waals surface area contributed by atoms with Crippen LogP contribution >= 0.6 is 11.8 Å². The maximum absolute atomic E-state index is 4.41. The Bertz CT molecular complexity index is 503. The second-order valence-electron chi connectivity index (χ2n) is 4.45. The number of aromatic nitrogens is 3. The zero-order valence-electron chi connectivity index (χ0n) is 9.67. The highest BCUT2D eigenvalue weighted by Crippen LogP contribution is 2.34. The van der Waals surface area contributed by atoms with Gasteiger partial charge in [-0.05, 0) is 18.9 Å². The number of fused-ring (bicyclic) bond motifs is 1. The molecule has 17 heavy (non-hydrogen) atoms. The molecule has 3 nitrogen and oxygen atoms in total. The average molecular weight is 245 g/mol. The first kappa shape index (κ1) is 11.0. The predicted octanol–water partition coefficient (Wildman–Crippen LogP) is 3.45. The first-order valence-electron chi connectivity index (χ1n) is 6.15. The normalized spacial score (nSPS) is 17.4. The summed E-state index contributed by atoms with van der Waals surface area (Å²) >= 11 is 1.90. The van der Waals surface area contributed by atoms with Gasteiger partial charge in [-0.3, -0.25) is 4.98 Å². The van der Waals surface area contributed by atoms with Crippen LogP contribution < -0.4 is 0 Å². The number of rotatable bonds is 2. The summed E-state index contributed by atoms with van der Waals surface area (Å²) in [5.74, 6) is 0. The smallest absolute Gasteiger partial charge is 0.117 e. The zero-order valence-corrected chi connectivity index (χ0v) is 10.5. The van der Waals surface area contributed by atoms with Gasteiger partial charge in [0, 0.05) is 17.6 Å². The van der Waals surface area contributed by atoms with Gasteiger partial charge in [-0.1, -0.05) is 19.3 Å². The van der Waals surface area contributed by atoms with Crippen LogP contribution in [0, 0.1) is 0 Å². The molecule has 0 aliphatic heterocycles. The Morgan fingerprint density at radius 3 is 2.88 bits per heavy atom. The maximum atomic E-state index is 4.41. The lowest BCUT2D eigenvalue weighted by atomic mass is 10.0. The minimum Gasteiger partial charge on any atom is -0.264 e. The number of nitrogens with zero attached hydrogens (tertiary/aromatic N) is 3. The number of hydrogen-bond donors (Lipinski definition) is 0. The Balaban J connectivity index is 1.89. The van der Waals surface area contributed by atoms with E-state index in [0.717, 1.165) is 21.2 Å². The van der Waals surface area contributed by atoms with E-state index in [1.165, 1.54) is 32.1 Å². The summed E-state index contributed by atoms with van der Waals surface area (Å²) in [6.45, 7) is 0. The van der Waals surface area contributed by atoms with Crippen molar-refractivity contribution in [3.8, 4) is 0 Å². The van der Waals surface area contributed by atoms with E-state index in [1.54, 1.807) is 12.5 Å². The molecule has 0 spiro atoms. The number of thioether (sulfide) groups is 1. The summed E-state index contributed by atoms with van der Waals surface area (Å²) < 4.78 is 0. The molecule has 0 unspecified atom stereocenters. The van der Waals surface area contributed by atoms with E-state index in [9.17, 15) is 0 Å². The van der Waals surface area contributed by atoms with Gasteiger partial charge >= 0.3 is 0 Å². The van der Waals surface area contributed by atoms with Gasteiger partial charge in [0.25, 0.3) is 0 Å². The van der Waals surface area contributed by atoms with Gasteiger partial charge < -0.3 is 0 Å². The van der Waals surface area contributed by atoms with Crippen LogP contribution in [-0.4, -0.2) is 20.2 Å². The third kappa shape index (κ3) is 2.41. The molecule has 0 N–H and O–H groups in total. The van der Waals surface area contributed by atoms with Crippen molar-refractivity contribution in [2.24, 2.45) is 0 Å². The molecule has 88 valence electrons. The zero-order chi connectivity index (χ0) is 11.5. The second-order valence-corrected chi connectivity index (χ2v) is 5.74. The molecule has 0 saturated heterocycles. The van der Waals surface area contributed by atoms with Gasteiger partial charge in [0.05, 0.1) is 10.9 Å². The first-order valence-corrected chi connectivity index (χ1v) is 7.03. The van der Waals surface area contributed by atoms with E-state index in [2.05, 4.69) is 15.0 Å². The molecule has 0 aromatic carbocycles. The fraction of sp³-hybridized carbons (Fsp3) is 0.462. The fourth-order valence-electron chi connectivity index (χ4n) is 2.31. The minimum absolute atomic E-state index is 0.724. The molecule has 2 heterocycles. The Hall–Kier alpha value is -1.16. The molecule has 3 rings (SSSR count). The number of pyridine rings is 1. The highest BCUT2D eigenvalue weighted by atomic mass is 32.2. The van der Waals surface area contributed by atoms with Crippen molar-refractivity contribution in [3.63, 3.8) is 0 Å². The van der Waals surface area contributed by atoms with Gasteiger partial charge in [0.1, 0.15) is 11.4 Å². The third-order valence-electron chi connectivity index (χ3n) is 3.23. The molecule has 2 aromatic rings. The van der Waals surface area contributed by atoms with Gasteiger partial charge in [0.2, 0.25) is 0 Å². The highest BCUT2D eigenvalue weighted by molar-refractivity contribution is 8.00. The quantitative estimate of drug-likeness (QED) is 0.760. The summed E-state index contributed by atoms with van der Waals surface area (Å²) in [7, 11) is 0. The summed E-state index contributed by atoms with van der Waals surface area (Å²) in [6.07, 6.45) is 12.1. The summed E-state index contributed by atoms with van der Waals surface area (Å²) in [5.41, 5.74) is 0.994. The van der Waals surface area contributed by atoms with Crippen LogP contribution in [0.15, 0.2) is 29.8 Å². The van der Waals surface area contributed by atoms with Crippen molar-refractivity contribution in [2.75, 3.05) is 0 Å². The molecule has 0 radical (unpaired) electrons. The lowest BCUT2D eigenvalue weighted by Gasteiger charge is -2.20. The molecular weight excluding hydrogens is 230 g/mol. The Morgan fingerprint density at radius 2 is 2.00 bits per heavy atom. The Labute approximate surface area is 105 Å². The molecule has 1 aliphatic carbocycles. The minimum atomic E-state index is 0.724. The van der Waals surface area contributed by atoms with Gasteiger partial charge in [-0.15, -0.1) is 11.8 Å². The topological polar surface area (TPSA) is 38.7 Å². The van der Waals surface area contributed by atoms with Gasteiger partial charge in [0.15, 0.2) is 0 Å². The molecular formula is C13H15N3S. The first-order chi connectivity index (χ1) is 8.43. The summed E-state index contributed by atoms with van der Waals surface area (Å²) in [6, 6.07) is 1.95. The van der Waals surface area contributed by atoms with Crippen LogP contribution in [0.3, 0.4) is 0 Å². The monoisotopic (exact) mass is 245 g/mol. The molecule has 2 aromatic heterocycles. The van der Waals surface area contributed by atoms with Crippen molar-refractivity contribution >= 4 is 22.7 Å². The van der Waals surface area contributed by atoms with Gasteiger partial charge in [-0.25, -0.2) is 9.97 Å². The predicted molar refractivity (Wildman–Crippen MR) is 70.1 cm³/mol. The molecule has 0 amide bonds. The van der Waals surface area contributed by atoms with E-state index in [4.69, 9.17) is 0 Å². The van der Waals surface area contributed by atoms with E-state index in [0.29, 0.717) is 0 Å². The molecule has 0 atom stereocenters. The molecule has 4 heteroatoms. The third-order valence-corrected chi connectivity index (χ3v) is 4.58. The summed E-state index contributed by atoms with van der Waals surface area (Å²) in [5, 5.41) is 2.91. The van der Waals surface area contributed by atoms with Crippen molar-refractivity contribution in [3.05, 3.63) is 24.8 Å². The van der Waals surface area contributed by atoms with Crippen molar-refractivity contribution in [1.29, 1.82) is 0 Å². The van der Waals surface area contributed by atoms with Crippen LogP contribution in [0.4, 0.5) is 0 Å². The van der Waals surface area contributed by atoms with Crippen LogP contribution in [0.1, 0.15) is 32.1 Å². The Kier molecular flexibility index (Phi) is 3.22. The molecule has 1 aliphatic rings. The maximum Gasteiger partial charge on any atom is 0.117 e. The lowest BCUT2D eigenvalue weighted by Crippen LogP contribution is -2.08. The van der Waals surface area contributed by atoms with Crippen LogP contribution in [0.5, 0.6) is 0 Å². The van der Waals surface area contributed by atoms with Crippen LogP contribution in [-0.2, 0) is 0 Å². The van der Waals surface area contributed by atoms with Gasteiger partial charge in [-0.2, -0.15) is 0 Å². The average Bonchev–Trinajstić information content (AvgIpc) is 2.40. The molecule has 1 saturated carbocycles.